The van der Waals surface area contributed by atoms with Gasteiger partial charge in [-0.15, -0.1) is 0 Å². The summed E-state index contributed by atoms with van der Waals surface area (Å²) in [5.74, 6) is -1.50. The Hall–Kier alpha value is -2.81. The fraction of sp³-hybridized carbons (Fsp3) is 0.154. The Morgan fingerprint density at radius 1 is 1.47 bits per heavy atom. The van der Waals surface area contributed by atoms with Crippen LogP contribution in [0, 0.1) is 11.3 Å². The first kappa shape index (κ1) is 12.6. The molecule has 0 saturated carbocycles. The summed E-state index contributed by atoms with van der Waals surface area (Å²) >= 11 is 0. The van der Waals surface area contributed by atoms with Gasteiger partial charge in [0.2, 0.25) is 0 Å². The summed E-state index contributed by atoms with van der Waals surface area (Å²) in [6, 6.07) is 6.65. The number of nitrogens with zero attached hydrogens (tertiary/aromatic N) is 2. The van der Waals surface area contributed by atoms with Gasteiger partial charge in [0, 0.05) is 17.1 Å². The quantitative estimate of drug-likeness (QED) is 0.839. The highest BCUT2D eigenvalue weighted by molar-refractivity contribution is 5.97. The van der Waals surface area contributed by atoms with Crippen molar-refractivity contribution in [3.8, 4) is 6.07 Å². The van der Waals surface area contributed by atoms with E-state index in [1.54, 1.807) is 6.07 Å². The molecule has 6 nitrogen and oxygen atoms in total. The second-order valence-electron chi connectivity index (χ2n) is 3.90. The summed E-state index contributed by atoms with van der Waals surface area (Å²) in [6.45, 7) is -0.240. The van der Waals surface area contributed by atoms with Crippen LogP contribution >= 0.6 is 0 Å². The lowest BCUT2D eigenvalue weighted by Gasteiger charge is -2.02. The highest BCUT2D eigenvalue weighted by Gasteiger charge is 2.13. The molecule has 1 N–H and O–H groups in total. The average Bonchev–Trinajstić information content (AvgIpc) is 2.74. The standard InChI is InChI=1S/C13H10N2O4/c1-19-13(18)8-2-3-11-10(4-8)9(5-14)6-15(11)7-12(16)17/h2-4,6H,7H2,1H3,(H,16,17). The molecule has 0 fully saturated rings. The minimum absolute atomic E-state index is 0.240. The number of aliphatic carboxylic acids is 1. The van der Waals surface area contributed by atoms with E-state index >= 15 is 0 Å². The number of aromatic nitrogens is 1. The molecule has 0 atom stereocenters. The van der Waals surface area contributed by atoms with Crippen molar-refractivity contribution in [1.82, 2.24) is 4.57 Å². The van der Waals surface area contributed by atoms with Gasteiger partial charge in [-0.2, -0.15) is 5.26 Å². The van der Waals surface area contributed by atoms with Gasteiger partial charge < -0.3 is 14.4 Å². The summed E-state index contributed by atoms with van der Waals surface area (Å²) in [5.41, 5.74) is 1.23. The Morgan fingerprint density at radius 3 is 2.79 bits per heavy atom. The van der Waals surface area contributed by atoms with Crippen LogP contribution in [0.5, 0.6) is 0 Å². The molecule has 1 aromatic heterocycles. The van der Waals surface area contributed by atoms with Crippen LogP contribution in [0.2, 0.25) is 0 Å². The fourth-order valence-electron chi connectivity index (χ4n) is 1.91. The van der Waals surface area contributed by atoms with Gasteiger partial charge in [0.15, 0.2) is 0 Å². The zero-order chi connectivity index (χ0) is 14.0. The topological polar surface area (TPSA) is 92.3 Å². The molecular weight excluding hydrogens is 248 g/mol. The van der Waals surface area contributed by atoms with E-state index in [0.717, 1.165) is 0 Å². The molecule has 1 aromatic carbocycles. The maximum absolute atomic E-state index is 11.4. The summed E-state index contributed by atoms with van der Waals surface area (Å²) in [6.07, 6.45) is 1.46. The van der Waals surface area contributed by atoms with Crippen molar-refractivity contribution in [3.63, 3.8) is 0 Å². The van der Waals surface area contributed by atoms with E-state index in [2.05, 4.69) is 4.74 Å². The molecule has 0 aliphatic rings. The minimum atomic E-state index is -1.00. The molecule has 19 heavy (non-hydrogen) atoms. The number of fused-ring (bicyclic) bond motifs is 1. The van der Waals surface area contributed by atoms with Gasteiger partial charge in [-0.25, -0.2) is 4.79 Å². The first-order chi connectivity index (χ1) is 9.06. The van der Waals surface area contributed by atoms with Crippen LogP contribution in [0.15, 0.2) is 24.4 Å². The molecule has 6 heteroatoms. The first-order valence-electron chi connectivity index (χ1n) is 5.40. The van der Waals surface area contributed by atoms with E-state index in [4.69, 9.17) is 10.4 Å². The molecule has 96 valence electrons. The van der Waals surface area contributed by atoms with E-state index in [1.165, 1.54) is 30.0 Å². The number of rotatable bonds is 3. The molecule has 0 bridgehead atoms. The molecular formula is C13H10N2O4. The Balaban J connectivity index is 2.63. The first-order valence-corrected chi connectivity index (χ1v) is 5.40. The number of hydrogen-bond acceptors (Lipinski definition) is 4. The second-order valence-corrected chi connectivity index (χ2v) is 3.90. The summed E-state index contributed by atoms with van der Waals surface area (Å²) < 4.78 is 6.06. The molecule has 0 unspecified atom stereocenters. The Kier molecular flexibility index (Phi) is 3.21. The summed E-state index contributed by atoms with van der Waals surface area (Å²) in [4.78, 5) is 22.2. The molecule has 2 aromatic rings. The number of benzene rings is 1. The molecule has 1 heterocycles. The van der Waals surface area contributed by atoms with Crippen molar-refractivity contribution >= 4 is 22.8 Å². The lowest BCUT2D eigenvalue weighted by atomic mass is 10.1. The van der Waals surface area contributed by atoms with Gasteiger partial charge >= 0.3 is 11.9 Å². The van der Waals surface area contributed by atoms with Gasteiger partial charge in [-0.1, -0.05) is 0 Å². The van der Waals surface area contributed by atoms with Crippen LogP contribution in [0.1, 0.15) is 15.9 Å². The number of carbonyl (C=O) groups excluding carboxylic acids is 1. The Morgan fingerprint density at radius 2 is 2.21 bits per heavy atom. The van der Waals surface area contributed by atoms with Crippen molar-refractivity contribution < 1.29 is 19.4 Å². The number of hydrogen-bond donors (Lipinski definition) is 1. The van der Waals surface area contributed by atoms with Crippen LogP contribution in [-0.4, -0.2) is 28.7 Å². The SMILES string of the molecule is COC(=O)c1ccc2c(c1)c(C#N)cn2CC(=O)O. The number of nitriles is 1. The van der Waals surface area contributed by atoms with Gasteiger partial charge in [-0.3, -0.25) is 4.79 Å². The molecule has 2 rings (SSSR count). The number of carboxylic acid groups (broad SMARTS) is 1. The number of methoxy groups -OCH3 is 1. The Labute approximate surface area is 108 Å². The van der Waals surface area contributed by atoms with Gasteiger partial charge in [0.25, 0.3) is 0 Å². The maximum atomic E-state index is 11.4. The maximum Gasteiger partial charge on any atom is 0.337 e. The molecule has 0 aliphatic heterocycles. The predicted molar refractivity (Wildman–Crippen MR) is 65.6 cm³/mol. The van der Waals surface area contributed by atoms with Crippen molar-refractivity contribution in [1.29, 1.82) is 5.26 Å². The predicted octanol–water partition coefficient (Wildman–Crippen LogP) is 1.38. The monoisotopic (exact) mass is 258 g/mol. The van der Waals surface area contributed by atoms with E-state index in [1.807, 2.05) is 6.07 Å². The third kappa shape index (κ3) is 2.26. The smallest absolute Gasteiger partial charge is 0.337 e. The average molecular weight is 258 g/mol. The van der Waals surface area contributed by atoms with Crippen LogP contribution < -0.4 is 0 Å². The third-order valence-corrected chi connectivity index (χ3v) is 2.73. The van der Waals surface area contributed by atoms with Crippen LogP contribution in [-0.2, 0) is 16.1 Å². The number of carboxylic acids is 1. The van der Waals surface area contributed by atoms with Gasteiger partial charge in [0.1, 0.15) is 12.6 Å². The zero-order valence-corrected chi connectivity index (χ0v) is 10.1. The van der Waals surface area contributed by atoms with Gasteiger partial charge in [0.05, 0.1) is 18.2 Å². The Bertz CT molecular complexity index is 709. The summed E-state index contributed by atoms with van der Waals surface area (Å²) in [5, 5.41) is 18.4. The lowest BCUT2D eigenvalue weighted by Crippen LogP contribution is -2.07. The van der Waals surface area contributed by atoms with E-state index in [9.17, 15) is 9.59 Å². The summed E-state index contributed by atoms with van der Waals surface area (Å²) in [7, 11) is 1.27. The van der Waals surface area contributed by atoms with Crippen LogP contribution in [0.3, 0.4) is 0 Å². The number of carbonyl (C=O) groups is 2. The van der Waals surface area contributed by atoms with Crippen molar-refractivity contribution in [3.05, 3.63) is 35.5 Å². The number of ether oxygens (including phenoxy) is 1. The molecule has 0 saturated heterocycles. The largest absolute Gasteiger partial charge is 0.480 e. The van der Waals surface area contributed by atoms with Gasteiger partial charge in [-0.05, 0) is 18.2 Å². The van der Waals surface area contributed by atoms with Crippen molar-refractivity contribution in [2.24, 2.45) is 0 Å². The second kappa shape index (κ2) is 4.82. The van der Waals surface area contributed by atoms with Crippen molar-refractivity contribution in [2.75, 3.05) is 7.11 Å². The minimum Gasteiger partial charge on any atom is -0.480 e. The van der Waals surface area contributed by atoms with Crippen LogP contribution in [0.4, 0.5) is 0 Å². The van der Waals surface area contributed by atoms with Crippen LogP contribution in [0.25, 0.3) is 10.9 Å². The molecule has 0 amide bonds. The molecule has 0 aliphatic carbocycles. The number of esters is 1. The highest BCUT2D eigenvalue weighted by Crippen LogP contribution is 2.22. The van der Waals surface area contributed by atoms with Crippen molar-refractivity contribution in [2.45, 2.75) is 6.54 Å². The third-order valence-electron chi connectivity index (χ3n) is 2.73. The highest BCUT2D eigenvalue weighted by atomic mass is 16.5. The van der Waals surface area contributed by atoms with E-state index in [-0.39, 0.29) is 6.54 Å². The molecule has 0 spiro atoms. The zero-order valence-electron chi connectivity index (χ0n) is 10.1. The molecule has 0 radical (unpaired) electrons. The van der Waals surface area contributed by atoms with E-state index in [0.29, 0.717) is 22.0 Å². The lowest BCUT2D eigenvalue weighted by molar-refractivity contribution is -0.137. The van der Waals surface area contributed by atoms with E-state index < -0.39 is 11.9 Å². The normalized spacial score (nSPS) is 10.1. The fourth-order valence-corrected chi connectivity index (χ4v) is 1.91.